The molecule has 0 fully saturated rings. The lowest BCUT2D eigenvalue weighted by Crippen LogP contribution is -2.33. The Morgan fingerprint density at radius 3 is 1.75 bits per heavy atom. The molecule has 0 aromatic rings. The summed E-state index contributed by atoms with van der Waals surface area (Å²) in [5.41, 5.74) is 0. The Balaban J connectivity index is 2.96. The molecule has 69 valence electrons. The van der Waals surface area contributed by atoms with Gasteiger partial charge in [-0.05, 0) is 6.92 Å². The largest absolute Gasteiger partial charge is 0.199 e. The minimum atomic E-state index is 0.00837. The molecule has 0 aliphatic heterocycles. The Morgan fingerprint density at radius 1 is 0.875 bits per heavy atom. The molecule has 0 spiro atoms. The third-order valence-electron chi connectivity index (χ3n) is 3.09. The molecule has 0 aliphatic rings. The molecule has 0 amide bonds. The van der Waals surface area contributed by atoms with Crippen molar-refractivity contribution in [3.63, 3.8) is 0 Å². The summed E-state index contributed by atoms with van der Waals surface area (Å²) in [6, 6.07) is 2.18. The predicted octanol–water partition coefficient (Wildman–Crippen LogP) is -7.37. The van der Waals surface area contributed by atoms with Crippen molar-refractivity contribution in [2.24, 2.45) is 0 Å². The minimum absolute atomic E-state index is 0.00837. The van der Waals surface area contributed by atoms with Gasteiger partial charge in [-0.15, -0.1) is 0 Å². The second-order valence-corrected chi connectivity index (χ2v) is 4.80. The Morgan fingerprint density at radius 2 is 1.31 bits per heavy atom. The number of rotatable bonds is 11. The number of nitrogens with zero attached hydrogens (tertiary/aromatic N) is 1. The Kier molecular flexibility index (Phi) is 13.6. The van der Waals surface area contributed by atoms with E-state index in [1.807, 2.05) is 0 Å². The monoisotopic (exact) mass is 198 g/mol. The van der Waals surface area contributed by atoms with Crippen molar-refractivity contribution in [2.75, 3.05) is 0 Å². The highest BCUT2D eigenvalue weighted by atomic mass is 14.2. The van der Waals surface area contributed by atoms with Gasteiger partial charge in [0.1, 0.15) is 0 Å². The van der Waals surface area contributed by atoms with E-state index in [-0.39, 0.29) is 5.82 Å². The first-order valence-corrected chi connectivity index (χ1v) is 7.04. The molecule has 0 rings (SSSR count). The summed E-state index contributed by atoms with van der Waals surface area (Å²) < 4.78 is 0. The molecule has 1 nitrogen and oxygen atoms in total. The van der Waals surface area contributed by atoms with Crippen LogP contribution in [0.15, 0.2) is 0 Å². The molecule has 13 heteroatoms. The van der Waals surface area contributed by atoms with E-state index >= 15 is 0 Å². The van der Waals surface area contributed by atoms with Crippen LogP contribution in [0.2, 0.25) is 5.82 Å². The number of hydrogen-bond donors (Lipinski definition) is 0. The molecule has 1 atom stereocenters. The van der Waals surface area contributed by atoms with Gasteiger partial charge in [-0.25, -0.2) is 0 Å². The van der Waals surface area contributed by atoms with Gasteiger partial charge in [0.25, 0.3) is 0 Å². The third-order valence-corrected chi connectivity index (χ3v) is 3.09. The number of nitriles is 1. The average Bonchev–Trinajstić information content (AvgIpc) is 2.31. The highest BCUT2D eigenvalue weighted by Gasteiger charge is 2.05. The second-order valence-electron chi connectivity index (χ2n) is 4.80. The molecule has 0 aliphatic carbocycles. The maximum Gasteiger partial charge on any atom is 0.0994 e. The molecule has 1 radical (unpaired) electrons. The second kappa shape index (κ2) is 13.3. The quantitative estimate of drug-likeness (QED) is 0.238. The maximum absolute atomic E-state index is 8.57. The van der Waals surface area contributed by atoms with E-state index in [0.717, 1.165) is 7.17 Å². The molecule has 0 aromatic carbocycles. The number of hydrogen-bond acceptors (Lipinski definition) is 1. The molecule has 16 heavy (non-hydrogen) atoms. The van der Waals surface area contributed by atoms with Crippen LogP contribution >= 0.6 is 0 Å². The smallest absolute Gasteiger partial charge is 0.0994 e. The summed E-state index contributed by atoms with van der Waals surface area (Å²) in [7, 11) is 16.8. The zero-order valence-electron chi connectivity index (χ0n) is 11.0. The van der Waals surface area contributed by atoms with Gasteiger partial charge < -0.3 is 0 Å². The van der Waals surface area contributed by atoms with Gasteiger partial charge in [-0.3, -0.25) is 0 Å². The fourth-order valence-corrected chi connectivity index (χ4v) is 1.94. The fourth-order valence-electron chi connectivity index (χ4n) is 1.94. The van der Waals surface area contributed by atoms with Gasteiger partial charge in [0.05, 0.1) is 21.0 Å². The van der Waals surface area contributed by atoms with E-state index in [1.165, 1.54) is 70.6 Å². The SMILES string of the molecule is BBBBBBBBBBBBC([CH2])C#N. The summed E-state index contributed by atoms with van der Waals surface area (Å²) in [6.45, 7) is 3.77. The molecule has 0 heterocycles. The average molecular weight is 196 g/mol. The zero-order valence-corrected chi connectivity index (χ0v) is 11.0. The molecular weight excluding hydrogens is 180 g/mol. The van der Waals surface area contributed by atoms with Crippen LogP contribution in [0, 0.1) is 18.3 Å². The van der Waals surface area contributed by atoms with Crippen molar-refractivity contribution in [2.45, 2.75) is 5.82 Å². The van der Waals surface area contributed by atoms with Gasteiger partial charge in [0.15, 0.2) is 0 Å². The minimum Gasteiger partial charge on any atom is -0.199 e. The molecule has 1 unspecified atom stereocenters. The summed E-state index contributed by atoms with van der Waals surface area (Å²) in [5.74, 6) is 0.00837. The normalized spacial score (nSPS) is 9.50. The molecule has 0 saturated heterocycles. The van der Waals surface area contributed by atoms with Crippen molar-refractivity contribution >= 4 is 85.5 Å². The molecular formula is C3H16B12N. The maximum atomic E-state index is 8.57. The van der Waals surface area contributed by atoms with Gasteiger partial charge in [-0.1, -0.05) is 0 Å². The fraction of sp³-hybridized carbons (Fsp3) is 0.333. The molecule has 0 N–H and O–H groups in total. The van der Waals surface area contributed by atoms with Crippen LogP contribution in [0.3, 0.4) is 0 Å². The van der Waals surface area contributed by atoms with E-state index in [0.29, 0.717) is 0 Å². The molecule has 0 aromatic heterocycles. The first-order valence-electron chi connectivity index (χ1n) is 7.04. The van der Waals surface area contributed by atoms with Crippen LogP contribution in [0.25, 0.3) is 0 Å². The summed E-state index contributed by atoms with van der Waals surface area (Å²) >= 11 is 0. The lowest BCUT2D eigenvalue weighted by Gasteiger charge is -1.95. The van der Waals surface area contributed by atoms with Gasteiger partial charge >= 0.3 is 0 Å². The highest BCUT2D eigenvalue weighted by molar-refractivity contribution is 7.71. The summed E-state index contributed by atoms with van der Waals surface area (Å²) in [5, 5.41) is 8.57. The molecule has 0 bridgehead atoms. The molecule has 0 saturated carbocycles. The lowest BCUT2D eigenvalue weighted by molar-refractivity contribution is 1.34. The standard InChI is InChI=1S/C3H16B12N/c1-3(2-16)5-7-9-11-13-15-14-12-10-8-6-4/h3,5-15H,1,4H2. The Labute approximate surface area is 110 Å². The van der Waals surface area contributed by atoms with Crippen LogP contribution < -0.4 is 0 Å². The van der Waals surface area contributed by atoms with E-state index in [4.69, 9.17) is 5.26 Å². The highest BCUT2D eigenvalue weighted by Crippen LogP contribution is 1.92. The van der Waals surface area contributed by atoms with Crippen LogP contribution in [-0.4, -0.2) is 85.5 Å². The van der Waals surface area contributed by atoms with Crippen molar-refractivity contribution in [3.8, 4) is 6.07 Å². The lowest BCUT2D eigenvalue weighted by atomic mass is 8.87. The van der Waals surface area contributed by atoms with Crippen LogP contribution in [0.1, 0.15) is 0 Å². The topological polar surface area (TPSA) is 23.8 Å². The van der Waals surface area contributed by atoms with Gasteiger partial charge in [0.2, 0.25) is 0 Å². The predicted molar refractivity (Wildman–Crippen MR) is 102 cm³/mol. The van der Waals surface area contributed by atoms with Crippen LogP contribution in [0.5, 0.6) is 0 Å². The first kappa shape index (κ1) is 16.3. The van der Waals surface area contributed by atoms with Crippen molar-refractivity contribution in [1.29, 1.82) is 5.26 Å². The third kappa shape index (κ3) is 12.3. The van der Waals surface area contributed by atoms with Crippen LogP contribution in [-0.2, 0) is 0 Å². The Bertz CT molecular complexity index is 180. The van der Waals surface area contributed by atoms with Gasteiger partial charge in [-0.2, -0.15) is 5.26 Å². The van der Waals surface area contributed by atoms with E-state index in [9.17, 15) is 0 Å². The van der Waals surface area contributed by atoms with Crippen molar-refractivity contribution in [3.05, 3.63) is 6.92 Å². The van der Waals surface area contributed by atoms with Gasteiger partial charge in [0, 0.05) is 76.4 Å². The van der Waals surface area contributed by atoms with Crippen molar-refractivity contribution in [1.82, 2.24) is 0 Å². The summed E-state index contributed by atoms with van der Waals surface area (Å²) in [4.78, 5) is 0. The van der Waals surface area contributed by atoms with E-state index < -0.39 is 0 Å². The van der Waals surface area contributed by atoms with Crippen molar-refractivity contribution < 1.29 is 0 Å². The first-order chi connectivity index (χ1) is 7.81. The van der Waals surface area contributed by atoms with E-state index in [2.05, 4.69) is 20.7 Å². The zero-order chi connectivity index (χ0) is 12.1. The van der Waals surface area contributed by atoms with Crippen LogP contribution in [0.4, 0.5) is 0 Å². The Hall–Kier alpha value is 0.269. The summed E-state index contributed by atoms with van der Waals surface area (Å²) in [6.07, 6.45) is 0. The van der Waals surface area contributed by atoms with E-state index in [1.54, 1.807) is 0 Å².